The summed E-state index contributed by atoms with van der Waals surface area (Å²) in [6.45, 7) is 6.24. The molecule has 7 heteroatoms. The molecule has 0 atom stereocenters. The number of rotatable bonds is 5. The number of anilines is 1. The van der Waals surface area contributed by atoms with Gasteiger partial charge in [-0.2, -0.15) is 4.98 Å². The average Bonchev–Trinajstić information content (AvgIpc) is 3.20. The molecular formula is C23H25ClN4O2. The number of piperidine rings is 1. The van der Waals surface area contributed by atoms with Crippen molar-refractivity contribution in [3.05, 3.63) is 64.5 Å². The molecule has 1 amide bonds. The first kappa shape index (κ1) is 20.6. The molecule has 0 saturated carbocycles. The van der Waals surface area contributed by atoms with Crippen molar-refractivity contribution in [2.45, 2.75) is 33.2 Å². The fraction of sp³-hybridized carbons (Fsp3) is 0.348. The summed E-state index contributed by atoms with van der Waals surface area (Å²) in [5.74, 6) is 1.18. The number of benzene rings is 2. The Balaban J connectivity index is 1.32. The SMILES string of the molecule is Cc1cccc(C)c1NC(=O)C1CCN(Cc2nc(-c3ccccc3Cl)no2)CC1. The van der Waals surface area contributed by atoms with Crippen LogP contribution in [0.1, 0.15) is 29.9 Å². The van der Waals surface area contributed by atoms with Gasteiger partial charge in [-0.05, 0) is 63.0 Å². The number of hydrogen-bond donors (Lipinski definition) is 1. The monoisotopic (exact) mass is 424 g/mol. The predicted molar refractivity (Wildman–Crippen MR) is 117 cm³/mol. The van der Waals surface area contributed by atoms with Gasteiger partial charge in [0.1, 0.15) is 0 Å². The molecule has 2 aromatic carbocycles. The molecule has 1 aromatic heterocycles. The number of carbonyl (C=O) groups is 1. The van der Waals surface area contributed by atoms with E-state index in [0.29, 0.717) is 23.3 Å². The van der Waals surface area contributed by atoms with Crippen LogP contribution in [-0.4, -0.2) is 34.0 Å². The van der Waals surface area contributed by atoms with E-state index in [1.165, 1.54) is 0 Å². The number of aromatic nitrogens is 2. The summed E-state index contributed by atoms with van der Waals surface area (Å²) in [6.07, 6.45) is 1.62. The summed E-state index contributed by atoms with van der Waals surface area (Å²) < 4.78 is 5.42. The zero-order chi connectivity index (χ0) is 21.1. The summed E-state index contributed by atoms with van der Waals surface area (Å²) >= 11 is 6.21. The van der Waals surface area contributed by atoms with Gasteiger partial charge in [0.25, 0.3) is 0 Å². The summed E-state index contributed by atoms with van der Waals surface area (Å²) in [5, 5.41) is 7.78. The van der Waals surface area contributed by atoms with Crippen molar-refractivity contribution in [3.63, 3.8) is 0 Å². The molecule has 1 fully saturated rings. The van der Waals surface area contributed by atoms with Gasteiger partial charge in [0.15, 0.2) is 0 Å². The summed E-state index contributed by atoms with van der Waals surface area (Å²) in [4.78, 5) is 19.5. The van der Waals surface area contributed by atoms with Crippen LogP contribution >= 0.6 is 11.6 Å². The average molecular weight is 425 g/mol. The molecule has 2 heterocycles. The van der Waals surface area contributed by atoms with E-state index in [0.717, 1.165) is 48.3 Å². The van der Waals surface area contributed by atoms with Gasteiger partial charge in [0.05, 0.1) is 11.6 Å². The zero-order valence-corrected chi connectivity index (χ0v) is 17.9. The number of halogens is 1. The van der Waals surface area contributed by atoms with E-state index >= 15 is 0 Å². The molecule has 30 heavy (non-hydrogen) atoms. The molecule has 1 N–H and O–H groups in total. The highest BCUT2D eigenvalue weighted by molar-refractivity contribution is 6.33. The van der Waals surface area contributed by atoms with Crippen molar-refractivity contribution in [2.24, 2.45) is 5.92 Å². The molecule has 4 rings (SSSR count). The van der Waals surface area contributed by atoms with Gasteiger partial charge in [-0.3, -0.25) is 9.69 Å². The Morgan fingerprint density at radius 2 is 1.83 bits per heavy atom. The smallest absolute Gasteiger partial charge is 0.241 e. The third kappa shape index (κ3) is 4.55. The Morgan fingerprint density at radius 1 is 1.13 bits per heavy atom. The van der Waals surface area contributed by atoms with Crippen molar-refractivity contribution in [3.8, 4) is 11.4 Å². The molecule has 0 spiro atoms. The fourth-order valence-corrected chi connectivity index (χ4v) is 4.07. The lowest BCUT2D eigenvalue weighted by molar-refractivity contribution is -0.121. The first-order valence-corrected chi connectivity index (χ1v) is 10.6. The van der Waals surface area contributed by atoms with Crippen molar-refractivity contribution >= 4 is 23.2 Å². The lowest BCUT2D eigenvalue weighted by atomic mass is 9.95. The van der Waals surface area contributed by atoms with Gasteiger partial charge in [0.2, 0.25) is 17.6 Å². The maximum absolute atomic E-state index is 12.7. The minimum atomic E-state index is 0.0154. The highest BCUT2D eigenvalue weighted by Gasteiger charge is 2.26. The summed E-state index contributed by atoms with van der Waals surface area (Å²) in [6, 6.07) is 13.5. The van der Waals surface area contributed by atoms with Crippen molar-refractivity contribution in [1.82, 2.24) is 15.0 Å². The second-order valence-corrected chi connectivity index (χ2v) is 8.21. The number of carbonyl (C=O) groups excluding carboxylic acids is 1. The maximum atomic E-state index is 12.7. The fourth-order valence-electron chi connectivity index (χ4n) is 3.85. The molecular weight excluding hydrogens is 400 g/mol. The number of nitrogens with one attached hydrogen (secondary N) is 1. The van der Waals surface area contributed by atoms with E-state index in [-0.39, 0.29) is 11.8 Å². The molecule has 1 aliphatic rings. The highest BCUT2D eigenvalue weighted by Crippen LogP contribution is 2.26. The normalized spacial score (nSPS) is 15.3. The largest absolute Gasteiger partial charge is 0.338 e. The lowest BCUT2D eigenvalue weighted by Crippen LogP contribution is -2.38. The van der Waals surface area contributed by atoms with Crippen molar-refractivity contribution in [1.29, 1.82) is 0 Å². The molecule has 156 valence electrons. The van der Waals surface area contributed by atoms with Gasteiger partial charge in [0, 0.05) is 17.2 Å². The number of para-hydroxylation sites is 1. The predicted octanol–water partition coefficient (Wildman–Crippen LogP) is 4.86. The molecule has 6 nitrogen and oxygen atoms in total. The lowest BCUT2D eigenvalue weighted by Gasteiger charge is -2.30. The van der Waals surface area contributed by atoms with E-state index in [4.69, 9.17) is 16.1 Å². The first-order chi connectivity index (χ1) is 14.5. The minimum absolute atomic E-state index is 0.0154. The maximum Gasteiger partial charge on any atom is 0.241 e. The van der Waals surface area contributed by atoms with Crippen LogP contribution < -0.4 is 5.32 Å². The third-order valence-electron chi connectivity index (χ3n) is 5.63. The molecule has 0 bridgehead atoms. The van der Waals surface area contributed by atoms with Crippen molar-refractivity contribution in [2.75, 3.05) is 18.4 Å². The van der Waals surface area contributed by atoms with Crippen LogP contribution in [0.2, 0.25) is 5.02 Å². The second-order valence-electron chi connectivity index (χ2n) is 7.80. The van der Waals surface area contributed by atoms with Gasteiger partial charge < -0.3 is 9.84 Å². The minimum Gasteiger partial charge on any atom is -0.338 e. The van der Waals surface area contributed by atoms with Crippen molar-refractivity contribution < 1.29 is 9.32 Å². The van der Waals surface area contributed by atoms with Crippen LogP contribution in [0.25, 0.3) is 11.4 Å². The quantitative estimate of drug-likeness (QED) is 0.633. The molecule has 0 unspecified atom stereocenters. The van der Waals surface area contributed by atoms with Gasteiger partial charge in [-0.1, -0.05) is 47.1 Å². The molecule has 0 radical (unpaired) electrons. The van der Waals surface area contributed by atoms with Crippen LogP contribution in [0, 0.1) is 19.8 Å². The van der Waals surface area contributed by atoms with Crippen LogP contribution in [0.3, 0.4) is 0 Å². The first-order valence-electron chi connectivity index (χ1n) is 10.2. The van der Waals surface area contributed by atoms with E-state index < -0.39 is 0 Å². The Bertz CT molecular complexity index is 1020. The number of aryl methyl sites for hydroxylation is 2. The standard InChI is InChI=1S/C23H25ClN4O2/c1-15-6-5-7-16(2)21(15)26-23(29)17-10-12-28(13-11-17)14-20-25-22(27-30-20)18-8-3-4-9-19(18)24/h3-9,17H,10-14H2,1-2H3,(H,26,29). The van der Waals surface area contributed by atoms with E-state index in [1.807, 2.05) is 50.2 Å². The molecule has 1 saturated heterocycles. The zero-order valence-electron chi connectivity index (χ0n) is 17.2. The van der Waals surface area contributed by atoms with Crippen LogP contribution in [0.5, 0.6) is 0 Å². The highest BCUT2D eigenvalue weighted by atomic mass is 35.5. The van der Waals surface area contributed by atoms with Gasteiger partial charge in [-0.15, -0.1) is 0 Å². The van der Waals surface area contributed by atoms with E-state index in [2.05, 4.69) is 20.4 Å². The Morgan fingerprint density at radius 3 is 2.53 bits per heavy atom. The Hall–Kier alpha value is -2.70. The Kier molecular flexibility index (Phi) is 6.16. The number of amides is 1. The van der Waals surface area contributed by atoms with E-state index in [1.54, 1.807) is 6.07 Å². The summed E-state index contributed by atoms with van der Waals surface area (Å²) in [5.41, 5.74) is 3.87. The number of nitrogens with zero attached hydrogens (tertiary/aromatic N) is 3. The van der Waals surface area contributed by atoms with Crippen LogP contribution in [-0.2, 0) is 11.3 Å². The third-order valence-corrected chi connectivity index (χ3v) is 5.96. The Labute approximate surface area is 181 Å². The van der Waals surface area contributed by atoms with Crippen LogP contribution in [0.15, 0.2) is 47.0 Å². The second kappa shape index (κ2) is 8.98. The van der Waals surface area contributed by atoms with Gasteiger partial charge in [-0.25, -0.2) is 0 Å². The van der Waals surface area contributed by atoms with E-state index in [9.17, 15) is 4.79 Å². The molecule has 3 aromatic rings. The summed E-state index contributed by atoms with van der Waals surface area (Å²) in [7, 11) is 0. The topological polar surface area (TPSA) is 71.3 Å². The number of hydrogen-bond acceptors (Lipinski definition) is 5. The number of likely N-dealkylation sites (tertiary alicyclic amines) is 1. The molecule has 1 aliphatic heterocycles. The molecule has 0 aliphatic carbocycles. The van der Waals surface area contributed by atoms with Gasteiger partial charge >= 0.3 is 0 Å². The van der Waals surface area contributed by atoms with Crippen LogP contribution in [0.4, 0.5) is 5.69 Å².